The quantitative estimate of drug-likeness (QED) is 0.271. The molecule has 3 N–H and O–H groups in total. The van der Waals surface area contributed by atoms with Gasteiger partial charge in [0.05, 0.1) is 0 Å². The minimum absolute atomic E-state index is 0. The molecule has 0 atom stereocenters. The molecular weight excluding hydrogens is 475 g/mol. The highest BCUT2D eigenvalue weighted by Gasteiger charge is 1.76. The largest absolute Gasteiger partial charge is 1.00 e. The van der Waals surface area contributed by atoms with E-state index in [1.54, 1.807) is 0 Å². The van der Waals surface area contributed by atoms with E-state index in [0.29, 0.717) is 0 Å². The van der Waals surface area contributed by atoms with Gasteiger partial charge in [0.15, 0.2) is 0 Å². The van der Waals surface area contributed by atoms with Gasteiger partial charge in [-0.25, -0.2) is 0 Å². The summed E-state index contributed by atoms with van der Waals surface area (Å²) in [4.78, 5) is 18.2. The molecule has 2 amide bonds. The first-order valence-corrected chi connectivity index (χ1v) is 9.03. The summed E-state index contributed by atoms with van der Waals surface area (Å²) in [5.74, 6) is 1.67. The van der Waals surface area contributed by atoms with Crippen LogP contribution in [0.4, 0.5) is 0 Å². The standard InChI is InChI=1S/C5H11NO.C5H12.2C4H10.CH3NO.5CH4.HI/c1-2-3-4-6-5-7;1-3-5-4-2;2*1-4(2)3;2-1-3;;;;;;/h5H,2-4H2,1H3,(H,6,7);3-5H2,1-2H3;2*4H,1-3H3;1H,(H2,2,3);5*1H4;1H/p-1. The van der Waals surface area contributed by atoms with E-state index in [0.717, 1.165) is 37.6 Å². The minimum Gasteiger partial charge on any atom is -1.00 e. The topological polar surface area (TPSA) is 72.2 Å². The van der Waals surface area contributed by atoms with Crippen molar-refractivity contribution in [2.24, 2.45) is 17.6 Å². The van der Waals surface area contributed by atoms with E-state index in [-0.39, 0.29) is 67.5 Å². The molecule has 0 fully saturated rings. The van der Waals surface area contributed by atoms with E-state index >= 15 is 0 Å². The third-order valence-corrected chi connectivity index (χ3v) is 1.47. The van der Waals surface area contributed by atoms with Crippen LogP contribution in [0.25, 0.3) is 0 Å². The fourth-order valence-electron chi connectivity index (χ4n) is 0.691. The molecule has 0 rings (SSSR count). The van der Waals surface area contributed by atoms with Crippen molar-refractivity contribution in [2.45, 2.75) is 132 Å². The number of halogens is 1. The molecule has 0 aromatic rings. The van der Waals surface area contributed by atoms with Gasteiger partial charge in [-0.3, -0.25) is 9.59 Å². The van der Waals surface area contributed by atoms with Crippen LogP contribution in [0.5, 0.6) is 0 Å². The van der Waals surface area contributed by atoms with Crippen LogP contribution in [-0.2, 0) is 9.59 Å². The van der Waals surface area contributed by atoms with Crippen molar-refractivity contribution in [1.29, 1.82) is 0 Å². The smallest absolute Gasteiger partial charge is 0.207 e. The van der Waals surface area contributed by atoms with Crippen molar-refractivity contribution >= 4 is 12.8 Å². The predicted octanol–water partition coefficient (Wildman–Crippen LogP) is 5.34. The van der Waals surface area contributed by atoms with Crippen molar-refractivity contribution in [2.75, 3.05) is 6.54 Å². The van der Waals surface area contributed by atoms with Gasteiger partial charge in [0.25, 0.3) is 0 Å². The lowest BCUT2D eigenvalue weighted by Gasteiger charge is -1.90. The van der Waals surface area contributed by atoms with Gasteiger partial charge in [0, 0.05) is 6.54 Å². The predicted molar refractivity (Wildman–Crippen MR) is 139 cm³/mol. The molecule has 0 heterocycles. The summed E-state index contributed by atoms with van der Waals surface area (Å²) in [6.07, 6.45) is 7.28. The van der Waals surface area contributed by atoms with Crippen LogP contribution in [0, 0.1) is 11.8 Å². The second-order valence-electron chi connectivity index (χ2n) is 6.38. The molecule has 0 saturated carbocycles. The molecule has 4 nitrogen and oxygen atoms in total. The maximum Gasteiger partial charge on any atom is 0.207 e. The van der Waals surface area contributed by atoms with Crippen LogP contribution < -0.4 is 35.0 Å². The molecule has 0 radical (unpaired) electrons. The highest BCUT2D eigenvalue weighted by atomic mass is 127. The van der Waals surface area contributed by atoms with Crippen LogP contribution in [0.2, 0.25) is 0 Å². The van der Waals surface area contributed by atoms with Gasteiger partial charge in [-0.05, 0) is 18.3 Å². The Morgan fingerprint density at radius 1 is 0.690 bits per heavy atom. The number of hydrogen-bond acceptors (Lipinski definition) is 2. The van der Waals surface area contributed by atoms with Crippen molar-refractivity contribution < 1.29 is 33.6 Å². The monoisotopic (exact) mass is 541 g/mol. The van der Waals surface area contributed by atoms with E-state index in [1.165, 1.54) is 19.3 Å². The lowest BCUT2D eigenvalue weighted by atomic mass is 10.3. The molecule has 0 aliphatic rings. The van der Waals surface area contributed by atoms with Crippen molar-refractivity contribution in [3.05, 3.63) is 0 Å². The van der Waals surface area contributed by atoms with Crippen molar-refractivity contribution in [1.82, 2.24) is 5.32 Å². The minimum atomic E-state index is 0. The van der Waals surface area contributed by atoms with Crippen LogP contribution >= 0.6 is 0 Å². The second-order valence-corrected chi connectivity index (χ2v) is 6.38. The number of carbonyl (C=O) groups is 2. The SMILES string of the molecule is C.C.C.C.C.CC(C)C.CC(C)C.CCCCC.CCCCNC=O.NC=O.[I-]. The van der Waals surface area contributed by atoms with Crippen LogP contribution in [-0.4, -0.2) is 19.4 Å². The first-order valence-electron chi connectivity index (χ1n) is 9.03. The Hall–Kier alpha value is -0.330. The molecule has 0 aliphatic heterocycles. The Bertz CT molecular complexity index is 167. The lowest BCUT2D eigenvalue weighted by molar-refractivity contribution is -0.109. The summed E-state index contributed by atoms with van der Waals surface area (Å²) in [7, 11) is 0. The number of unbranched alkanes of at least 4 members (excludes halogenated alkanes) is 3. The van der Waals surface area contributed by atoms with E-state index in [1.807, 2.05) is 0 Å². The number of carbonyl (C=O) groups excluding carboxylic acids is 2. The summed E-state index contributed by atoms with van der Waals surface area (Å²) < 4.78 is 0. The first kappa shape index (κ1) is 70.3. The maximum atomic E-state index is 9.57. The molecule has 0 spiro atoms. The third kappa shape index (κ3) is 567. The van der Waals surface area contributed by atoms with Gasteiger partial charge in [0.1, 0.15) is 0 Å². The Labute approximate surface area is 207 Å². The van der Waals surface area contributed by atoms with E-state index in [4.69, 9.17) is 4.79 Å². The van der Waals surface area contributed by atoms with Gasteiger partial charge < -0.3 is 35.0 Å². The number of nitrogens with one attached hydrogen (secondary N) is 1. The summed E-state index contributed by atoms with van der Waals surface area (Å²) in [5.41, 5.74) is 4.17. The molecule has 0 saturated heterocycles. The van der Waals surface area contributed by atoms with Gasteiger partial charge in [-0.2, -0.15) is 0 Å². The van der Waals surface area contributed by atoms with Crippen LogP contribution in [0.1, 0.15) is 132 Å². The third-order valence-electron chi connectivity index (χ3n) is 1.47. The average molecular weight is 542 g/mol. The molecule has 5 heteroatoms. The van der Waals surface area contributed by atoms with Crippen molar-refractivity contribution in [3.8, 4) is 0 Å². The Kier molecular flexibility index (Phi) is 222. The number of rotatable bonds is 6. The molecular formula is C24H66IN2O2-. The molecule has 29 heavy (non-hydrogen) atoms. The average Bonchev–Trinajstić information content (AvgIpc) is 2.40. The van der Waals surface area contributed by atoms with E-state index in [9.17, 15) is 4.79 Å². The number of nitrogens with two attached hydrogens (primary N) is 1. The van der Waals surface area contributed by atoms with Crippen molar-refractivity contribution in [3.63, 3.8) is 0 Å². The van der Waals surface area contributed by atoms with Gasteiger partial charge in [0.2, 0.25) is 12.8 Å². The zero-order chi connectivity index (χ0) is 19.5. The highest BCUT2D eigenvalue weighted by Crippen LogP contribution is 1.88. The maximum absolute atomic E-state index is 9.57. The number of amides is 2. The summed E-state index contributed by atoms with van der Waals surface area (Å²) in [6, 6.07) is 0. The van der Waals surface area contributed by atoms with Crippen LogP contribution in [0.15, 0.2) is 0 Å². The van der Waals surface area contributed by atoms with Gasteiger partial charge >= 0.3 is 0 Å². The van der Waals surface area contributed by atoms with Gasteiger partial charge in [-0.1, -0.05) is 125 Å². The van der Waals surface area contributed by atoms with E-state index in [2.05, 4.69) is 73.4 Å². The fraction of sp³-hybridized carbons (Fsp3) is 0.917. The summed E-state index contributed by atoms with van der Waals surface area (Å²) in [6.45, 7) is 20.3. The molecule has 0 aromatic carbocycles. The molecule has 0 bridgehead atoms. The Balaban J connectivity index is -0.0000000151. The summed E-state index contributed by atoms with van der Waals surface area (Å²) in [5, 5.41) is 2.57. The van der Waals surface area contributed by atoms with Crippen LogP contribution in [0.3, 0.4) is 0 Å². The molecule has 0 aliphatic carbocycles. The number of hydrogen-bond donors (Lipinski definition) is 2. The number of primary amides is 1. The zero-order valence-electron chi connectivity index (χ0n) is 17.8. The second kappa shape index (κ2) is 91.5. The lowest BCUT2D eigenvalue weighted by Crippen LogP contribution is -3.00. The molecule has 192 valence electrons. The fourth-order valence-corrected chi connectivity index (χ4v) is 0.691. The Morgan fingerprint density at radius 3 is 1.00 bits per heavy atom. The van der Waals surface area contributed by atoms with Gasteiger partial charge in [-0.15, -0.1) is 0 Å². The normalized spacial score (nSPS) is 6.31. The molecule has 0 aromatic heterocycles. The Morgan fingerprint density at radius 2 is 0.897 bits per heavy atom. The first-order chi connectivity index (χ1) is 10.7. The molecule has 0 unspecified atom stereocenters. The summed E-state index contributed by atoms with van der Waals surface area (Å²) >= 11 is 0. The zero-order valence-corrected chi connectivity index (χ0v) is 20.0. The highest BCUT2D eigenvalue weighted by molar-refractivity contribution is 5.45. The van der Waals surface area contributed by atoms with E-state index < -0.39 is 0 Å².